The normalized spacial score (nSPS) is 20.7. The van der Waals surface area contributed by atoms with E-state index in [0.717, 1.165) is 30.2 Å². The molecule has 7 nitrogen and oxygen atoms in total. The molecule has 2 aliphatic heterocycles. The fourth-order valence-corrected chi connectivity index (χ4v) is 4.20. The minimum atomic E-state index is -0.558. The van der Waals surface area contributed by atoms with Crippen LogP contribution in [0.15, 0.2) is 35.5 Å². The third kappa shape index (κ3) is 4.75. The van der Waals surface area contributed by atoms with Gasteiger partial charge in [-0.2, -0.15) is 11.8 Å². The van der Waals surface area contributed by atoms with Crippen LogP contribution in [0, 0.1) is 0 Å². The summed E-state index contributed by atoms with van der Waals surface area (Å²) in [6, 6.07) is 6.46. The zero-order valence-corrected chi connectivity index (χ0v) is 16.4. The molecule has 0 aliphatic carbocycles. The molecule has 146 valence electrons. The Balaban J connectivity index is 1.95. The van der Waals surface area contributed by atoms with Gasteiger partial charge >= 0.3 is 12.0 Å². The van der Waals surface area contributed by atoms with Crippen molar-refractivity contribution in [1.82, 2.24) is 15.5 Å². The molecule has 0 saturated carbocycles. The molecule has 1 saturated heterocycles. The summed E-state index contributed by atoms with van der Waals surface area (Å²) in [4.78, 5) is 27.3. The number of ether oxygens (including phenoxy) is 2. The molecule has 2 amide bonds. The number of rotatable bonds is 6. The molecule has 1 fully saturated rings. The molecule has 2 aliphatic rings. The van der Waals surface area contributed by atoms with E-state index in [2.05, 4.69) is 15.5 Å². The fraction of sp³-hybridized carbons (Fsp3) is 0.474. The molecule has 1 aromatic rings. The number of esters is 1. The zero-order valence-electron chi connectivity index (χ0n) is 15.6. The van der Waals surface area contributed by atoms with Gasteiger partial charge in [0.1, 0.15) is 5.75 Å². The van der Waals surface area contributed by atoms with Crippen LogP contribution in [0.1, 0.15) is 18.5 Å². The first-order chi connectivity index (χ1) is 13.1. The van der Waals surface area contributed by atoms with Crippen LogP contribution in [0.4, 0.5) is 4.79 Å². The van der Waals surface area contributed by atoms with Crippen LogP contribution in [0.3, 0.4) is 0 Å². The second-order valence-electron chi connectivity index (χ2n) is 6.31. The smallest absolute Gasteiger partial charge is 0.338 e. The molecule has 1 unspecified atom stereocenters. The topological polar surface area (TPSA) is 79.9 Å². The molecular formula is C19H25N3O4S. The van der Waals surface area contributed by atoms with Crippen LogP contribution in [-0.4, -0.2) is 61.8 Å². The number of methoxy groups -OCH3 is 1. The Kier molecular flexibility index (Phi) is 6.63. The van der Waals surface area contributed by atoms with E-state index in [1.807, 2.05) is 36.0 Å². The maximum absolute atomic E-state index is 12.7. The SMILES string of the molecule is CCOC(=O)C1=C(CN2CCSCC2)NC(=O)NC1c1ccc(OC)cc1. The summed E-state index contributed by atoms with van der Waals surface area (Å²) >= 11 is 1.92. The summed E-state index contributed by atoms with van der Waals surface area (Å²) in [5.41, 5.74) is 1.88. The van der Waals surface area contributed by atoms with Crippen LogP contribution in [0.25, 0.3) is 0 Å². The molecule has 2 N–H and O–H groups in total. The molecule has 27 heavy (non-hydrogen) atoms. The number of amides is 2. The predicted molar refractivity (Wildman–Crippen MR) is 105 cm³/mol. The van der Waals surface area contributed by atoms with Gasteiger partial charge in [-0.3, -0.25) is 4.90 Å². The van der Waals surface area contributed by atoms with Gasteiger partial charge in [0.2, 0.25) is 0 Å². The lowest BCUT2D eigenvalue weighted by Gasteiger charge is -2.33. The highest BCUT2D eigenvalue weighted by Gasteiger charge is 2.34. The molecule has 0 aromatic heterocycles. The molecule has 2 heterocycles. The number of benzene rings is 1. The third-order valence-electron chi connectivity index (χ3n) is 4.58. The lowest BCUT2D eigenvalue weighted by atomic mass is 9.95. The van der Waals surface area contributed by atoms with E-state index in [1.165, 1.54) is 0 Å². The molecule has 3 rings (SSSR count). The average Bonchev–Trinajstić information content (AvgIpc) is 2.68. The molecule has 1 aromatic carbocycles. The van der Waals surface area contributed by atoms with E-state index < -0.39 is 12.0 Å². The first-order valence-electron chi connectivity index (χ1n) is 9.04. The van der Waals surface area contributed by atoms with E-state index >= 15 is 0 Å². The van der Waals surface area contributed by atoms with Crippen molar-refractivity contribution in [3.05, 3.63) is 41.1 Å². The van der Waals surface area contributed by atoms with Crippen molar-refractivity contribution in [2.24, 2.45) is 0 Å². The largest absolute Gasteiger partial charge is 0.497 e. The summed E-state index contributed by atoms with van der Waals surface area (Å²) in [5.74, 6) is 2.41. The van der Waals surface area contributed by atoms with Gasteiger partial charge in [0, 0.05) is 36.8 Å². The van der Waals surface area contributed by atoms with Crippen LogP contribution in [0.5, 0.6) is 5.75 Å². The van der Waals surface area contributed by atoms with Crippen molar-refractivity contribution in [2.45, 2.75) is 13.0 Å². The maximum atomic E-state index is 12.7. The quantitative estimate of drug-likeness (QED) is 0.722. The number of nitrogens with one attached hydrogen (secondary N) is 2. The second kappa shape index (κ2) is 9.14. The summed E-state index contributed by atoms with van der Waals surface area (Å²) in [7, 11) is 1.60. The highest BCUT2D eigenvalue weighted by molar-refractivity contribution is 7.99. The molecule has 8 heteroatoms. The van der Waals surface area contributed by atoms with Crippen molar-refractivity contribution in [3.8, 4) is 5.75 Å². The van der Waals surface area contributed by atoms with Crippen molar-refractivity contribution in [1.29, 1.82) is 0 Å². The van der Waals surface area contributed by atoms with E-state index in [4.69, 9.17) is 9.47 Å². The lowest BCUT2D eigenvalue weighted by Crippen LogP contribution is -2.49. The van der Waals surface area contributed by atoms with E-state index in [1.54, 1.807) is 14.0 Å². The second-order valence-corrected chi connectivity index (χ2v) is 7.53. The Morgan fingerprint density at radius 1 is 1.26 bits per heavy atom. The van der Waals surface area contributed by atoms with Crippen LogP contribution in [-0.2, 0) is 9.53 Å². The van der Waals surface area contributed by atoms with Gasteiger partial charge in [0.15, 0.2) is 0 Å². The Morgan fingerprint density at radius 3 is 2.59 bits per heavy atom. The Morgan fingerprint density at radius 2 is 1.96 bits per heavy atom. The monoisotopic (exact) mass is 391 g/mol. The first kappa shape index (κ1) is 19.6. The maximum Gasteiger partial charge on any atom is 0.338 e. The van der Waals surface area contributed by atoms with Crippen LogP contribution >= 0.6 is 11.8 Å². The number of carbonyl (C=O) groups excluding carboxylic acids is 2. The summed E-state index contributed by atoms with van der Waals surface area (Å²) < 4.78 is 10.5. The number of urea groups is 1. The summed E-state index contributed by atoms with van der Waals surface area (Å²) in [6.45, 7) is 4.44. The summed E-state index contributed by atoms with van der Waals surface area (Å²) in [6.07, 6.45) is 0. The van der Waals surface area contributed by atoms with E-state index in [0.29, 0.717) is 23.6 Å². The summed E-state index contributed by atoms with van der Waals surface area (Å²) in [5, 5.41) is 5.69. The minimum absolute atomic E-state index is 0.277. The number of hydrogen-bond acceptors (Lipinski definition) is 6. The van der Waals surface area contributed by atoms with Gasteiger partial charge < -0.3 is 20.1 Å². The van der Waals surface area contributed by atoms with Crippen molar-refractivity contribution < 1.29 is 19.1 Å². The number of carbonyl (C=O) groups is 2. The lowest BCUT2D eigenvalue weighted by molar-refractivity contribution is -0.139. The predicted octanol–water partition coefficient (Wildman–Crippen LogP) is 1.92. The third-order valence-corrected chi connectivity index (χ3v) is 5.53. The fourth-order valence-electron chi connectivity index (χ4n) is 3.22. The van der Waals surface area contributed by atoms with Gasteiger partial charge in [0.05, 0.1) is 25.3 Å². The van der Waals surface area contributed by atoms with E-state index in [9.17, 15) is 9.59 Å². The number of thioether (sulfide) groups is 1. The van der Waals surface area contributed by atoms with Gasteiger partial charge in [-0.15, -0.1) is 0 Å². The number of nitrogens with zero attached hydrogens (tertiary/aromatic N) is 1. The average molecular weight is 391 g/mol. The molecule has 0 spiro atoms. The Hall–Kier alpha value is -2.19. The van der Waals surface area contributed by atoms with Crippen LogP contribution in [0.2, 0.25) is 0 Å². The number of hydrogen-bond donors (Lipinski definition) is 2. The van der Waals surface area contributed by atoms with Gasteiger partial charge in [-0.05, 0) is 24.6 Å². The molecule has 0 radical (unpaired) electrons. The van der Waals surface area contributed by atoms with Gasteiger partial charge in [-0.1, -0.05) is 12.1 Å². The zero-order chi connectivity index (χ0) is 19.2. The molecular weight excluding hydrogens is 366 g/mol. The highest BCUT2D eigenvalue weighted by Crippen LogP contribution is 2.29. The molecule has 0 bridgehead atoms. The van der Waals surface area contributed by atoms with Gasteiger partial charge in [-0.25, -0.2) is 9.59 Å². The highest BCUT2D eigenvalue weighted by atomic mass is 32.2. The van der Waals surface area contributed by atoms with Crippen molar-refractivity contribution in [2.75, 3.05) is 44.9 Å². The first-order valence-corrected chi connectivity index (χ1v) is 10.2. The van der Waals surface area contributed by atoms with Crippen molar-refractivity contribution in [3.63, 3.8) is 0 Å². The minimum Gasteiger partial charge on any atom is -0.497 e. The molecule has 1 atom stereocenters. The Labute approximate surface area is 163 Å². The van der Waals surface area contributed by atoms with Crippen LogP contribution < -0.4 is 15.4 Å². The standard InChI is InChI=1S/C19H25N3O4S/c1-3-26-18(23)16-15(12-22-8-10-27-11-9-22)20-19(24)21-17(16)13-4-6-14(25-2)7-5-13/h4-7,17H,3,8-12H2,1-2H3,(H2,20,21,24). The van der Waals surface area contributed by atoms with Crippen molar-refractivity contribution >= 4 is 23.8 Å². The van der Waals surface area contributed by atoms with Gasteiger partial charge in [0.25, 0.3) is 0 Å². The Bertz CT molecular complexity index is 714. The van der Waals surface area contributed by atoms with E-state index in [-0.39, 0.29) is 12.6 Å².